The van der Waals surface area contributed by atoms with E-state index in [-0.39, 0.29) is 11.9 Å². The third-order valence-electron chi connectivity index (χ3n) is 3.56. The van der Waals surface area contributed by atoms with E-state index in [4.69, 9.17) is 32.2 Å². The minimum absolute atomic E-state index is 0.0138. The molecule has 6 heteroatoms. The standard InChI is InChI=1S/C15H22ClN3O2/c1-10(2)19-5-6-20-12(8-19)9-21-14-7-11(16)3-4-13(14)15(17)18/h3-4,7,10,12H,5-6,8-9H2,1-2H3,(H3,17,18). The van der Waals surface area contributed by atoms with E-state index in [0.717, 1.165) is 13.1 Å². The lowest BCUT2D eigenvalue weighted by Crippen LogP contribution is -2.47. The van der Waals surface area contributed by atoms with Crippen LogP contribution >= 0.6 is 11.6 Å². The van der Waals surface area contributed by atoms with Gasteiger partial charge in [0.05, 0.1) is 12.2 Å². The molecule has 0 bridgehead atoms. The van der Waals surface area contributed by atoms with Crippen LogP contribution in [0.3, 0.4) is 0 Å². The van der Waals surface area contributed by atoms with Crippen LogP contribution in [-0.2, 0) is 4.74 Å². The second-order valence-electron chi connectivity index (χ2n) is 5.45. The van der Waals surface area contributed by atoms with Gasteiger partial charge >= 0.3 is 0 Å². The molecule has 0 aliphatic carbocycles. The van der Waals surface area contributed by atoms with Crippen molar-refractivity contribution in [1.82, 2.24) is 4.90 Å². The topological polar surface area (TPSA) is 71.6 Å². The average molecular weight is 312 g/mol. The number of rotatable bonds is 5. The summed E-state index contributed by atoms with van der Waals surface area (Å²) in [5.74, 6) is 0.496. The van der Waals surface area contributed by atoms with Gasteiger partial charge in [-0.3, -0.25) is 10.3 Å². The first-order valence-electron chi connectivity index (χ1n) is 7.09. The molecule has 0 saturated carbocycles. The summed E-state index contributed by atoms with van der Waals surface area (Å²) >= 11 is 5.98. The van der Waals surface area contributed by atoms with Crippen molar-refractivity contribution < 1.29 is 9.47 Å². The predicted octanol–water partition coefficient (Wildman–Crippen LogP) is 2.11. The van der Waals surface area contributed by atoms with Gasteiger partial charge in [-0.2, -0.15) is 0 Å². The maximum Gasteiger partial charge on any atom is 0.131 e. The van der Waals surface area contributed by atoms with E-state index < -0.39 is 0 Å². The number of nitrogen functional groups attached to an aromatic ring is 1. The summed E-state index contributed by atoms with van der Waals surface area (Å²) in [4.78, 5) is 2.36. The minimum Gasteiger partial charge on any atom is -0.490 e. The lowest BCUT2D eigenvalue weighted by Gasteiger charge is -2.35. The molecule has 0 amide bonds. The van der Waals surface area contributed by atoms with Crippen molar-refractivity contribution in [3.8, 4) is 5.75 Å². The molecule has 1 fully saturated rings. The smallest absolute Gasteiger partial charge is 0.131 e. The molecule has 3 N–H and O–H groups in total. The first-order chi connectivity index (χ1) is 9.97. The predicted molar refractivity (Wildman–Crippen MR) is 84.4 cm³/mol. The average Bonchev–Trinajstić information content (AvgIpc) is 2.45. The van der Waals surface area contributed by atoms with Crippen LogP contribution in [0.1, 0.15) is 19.4 Å². The van der Waals surface area contributed by atoms with E-state index in [1.807, 2.05) is 0 Å². The number of morpholine rings is 1. The molecular weight excluding hydrogens is 290 g/mol. The molecule has 0 spiro atoms. The molecule has 21 heavy (non-hydrogen) atoms. The third-order valence-corrected chi connectivity index (χ3v) is 3.79. The Balaban J connectivity index is 1.99. The number of benzene rings is 1. The summed E-state index contributed by atoms with van der Waals surface area (Å²) in [7, 11) is 0. The molecule has 0 aromatic heterocycles. The maximum atomic E-state index is 7.57. The Morgan fingerprint density at radius 3 is 3.00 bits per heavy atom. The number of hydrogen-bond donors (Lipinski definition) is 2. The van der Waals surface area contributed by atoms with Gasteiger partial charge in [-0.1, -0.05) is 11.6 Å². The van der Waals surface area contributed by atoms with Crippen molar-refractivity contribution in [2.45, 2.75) is 26.0 Å². The number of nitrogens with one attached hydrogen (secondary N) is 1. The Hall–Kier alpha value is -1.30. The van der Waals surface area contributed by atoms with Gasteiger partial charge in [-0.05, 0) is 32.0 Å². The third kappa shape index (κ3) is 4.33. The fraction of sp³-hybridized carbons (Fsp3) is 0.533. The number of ether oxygens (including phenoxy) is 2. The van der Waals surface area contributed by atoms with E-state index in [1.165, 1.54) is 0 Å². The van der Waals surface area contributed by atoms with E-state index in [1.54, 1.807) is 18.2 Å². The highest BCUT2D eigenvalue weighted by molar-refractivity contribution is 6.30. The normalized spacial score (nSPS) is 19.7. The van der Waals surface area contributed by atoms with Gasteiger partial charge in [-0.15, -0.1) is 0 Å². The molecule has 1 aromatic rings. The molecule has 1 saturated heterocycles. The summed E-state index contributed by atoms with van der Waals surface area (Å²) < 4.78 is 11.5. The second kappa shape index (κ2) is 7.11. The quantitative estimate of drug-likeness (QED) is 0.645. The van der Waals surface area contributed by atoms with E-state index in [2.05, 4.69) is 18.7 Å². The molecule has 1 unspecified atom stereocenters. The summed E-state index contributed by atoms with van der Waals surface area (Å²) in [5, 5.41) is 8.13. The summed E-state index contributed by atoms with van der Waals surface area (Å²) in [6.45, 7) is 7.27. The van der Waals surface area contributed by atoms with Crippen LogP contribution in [0.15, 0.2) is 18.2 Å². The molecule has 1 aromatic carbocycles. The Morgan fingerprint density at radius 1 is 1.57 bits per heavy atom. The number of nitrogens with two attached hydrogens (primary N) is 1. The molecule has 1 heterocycles. The molecule has 1 atom stereocenters. The van der Waals surface area contributed by atoms with Crippen LogP contribution < -0.4 is 10.5 Å². The van der Waals surface area contributed by atoms with Gasteiger partial charge in [-0.25, -0.2) is 0 Å². The van der Waals surface area contributed by atoms with Crippen LogP contribution in [-0.4, -0.2) is 49.2 Å². The molecule has 1 aliphatic rings. The van der Waals surface area contributed by atoms with Crippen molar-refractivity contribution in [2.24, 2.45) is 5.73 Å². The molecule has 2 rings (SSSR count). The molecule has 5 nitrogen and oxygen atoms in total. The molecular formula is C15H22ClN3O2. The van der Waals surface area contributed by atoms with Crippen molar-refractivity contribution in [1.29, 1.82) is 5.41 Å². The Kier molecular flexibility index (Phi) is 5.45. The zero-order valence-electron chi connectivity index (χ0n) is 12.4. The number of nitrogens with zero attached hydrogens (tertiary/aromatic N) is 1. The van der Waals surface area contributed by atoms with Crippen LogP contribution in [0.5, 0.6) is 5.75 Å². The number of hydrogen-bond acceptors (Lipinski definition) is 4. The SMILES string of the molecule is CC(C)N1CCOC(COc2cc(Cl)ccc2C(=N)N)C1. The van der Waals surface area contributed by atoms with Crippen LogP contribution in [0.2, 0.25) is 5.02 Å². The highest BCUT2D eigenvalue weighted by atomic mass is 35.5. The Labute approximate surface area is 130 Å². The van der Waals surface area contributed by atoms with E-state index in [9.17, 15) is 0 Å². The maximum absolute atomic E-state index is 7.57. The van der Waals surface area contributed by atoms with Gasteiger partial charge in [0.15, 0.2) is 0 Å². The summed E-state index contributed by atoms with van der Waals surface area (Å²) in [5.41, 5.74) is 6.11. The first kappa shape index (κ1) is 16.1. The van der Waals surface area contributed by atoms with Gasteiger partial charge < -0.3 is 15.2 Å². The van der Waals surface area contributed by atoms with Gasteiger partial charge in [0.2, 0.25) is 0 Å². The fourth-order valence-electron chi connectivity index (χ4n) is 2.33. The highest BCUT2D eigenvalue weighted by Gasteiger charge is 2.23. The van der Waals surface area contributed by atoms with E-state index >= 15 is 0 Å². The zero-order chi connectivity index (χ0) is 15.4. The largest absolute Gasteiger partial charge is 0.490 e. The zero-order valence-corrected chi connectivity index (χ0v) is 13.2. The Bertz CT molecular complexity index is 508. The van der Waals surface area contributed by atoms with Gasteiger partial charge in [0, 0.05) is 24.2 Å². The minimum atomic E-state index is -0.0324. The van der Waals surface area contributed by atoms with Crippen molar-refractivity contribution in [3.63, 3.8) is 0 Å². The van der Waals surface area contributed by atoms with Crippen molar-refractivity contribution in [3.05, 3.63) is 28.8 Å². The van der Waals surface area contributed by atoms with Crippen LogP contribution in [0, 0.1) is 5.41 Å². The van der Waals surface area contributed by atoms with Crippen molar-refractivity contribution in [2.75, 3.05) is 26.3 Å². The van der Waals surface area contributed by atoms with Gasteiger partial charge in [0.1, 0.15) is 24.3 Å². The van der Waals surface area contributed by atoms with Crippen LogP contribution in [0.25, 0.3) is 0 Å². The lowest BCUT2D eigenvalue weighted by atomic mass is 10.2. The van der Waals surface area contributed by atoms with E-state index in [0.29, 0.717) is 35.6 Å². The molecule has 116 valence electrons. The number of amidine groups is 1. The summed E-state index contributed by atoms with van der Waals surface area (Å²) in [6.07, 6.45) is 0.0138. The number of halogens is 1. The molecule has 1 aliphatic heterocycles. The first-order valence-corrected chi connectivity index (χ1v) is 7.47. The lowest BCUT2D eigenvalue weighted by molar-refractivity contribution is -0.0564. The Morgan fingerprint density at radius 2 is 2.33 bits per heavy atom. The summed E-state index contributed by atoms with van der Waals surface area (Å²) in [6, 6.07) is 5.57. The van der Waals surface area contributed by atoms with Gasteiger partial charge in [0.25, 0.3) is 0 Å². The van der Waals surface area contributed by atoms with Crippen LogP contribution in [0.4, 0.5) is 0 Å². The fourth-order valence-corrected chi connectivity index (χ4v) is 2.49. The molecule has 0 radical (unpaired) electrons. The second-order valence-corrected chi connectivity index (χ2v) is 5.88. The monoisotopic (exact) mass is 311 g/mol. The van der Waals surface area contributed by atoms with Crippen molar-refractivity contribution >= 4 is 17.4 Å². The highest BCUT2D eigenvalue weighted by Crippen LogP contribution is 2.23.